The summed E-state index contributed by atoms with van der Waals surface area (Å²) < 4.78 is 1.34. The molecule has 2 N–H and O–H groups in total. The third kappa shape index (κ3) is 2.27. The van der Waals surface area contributed by atoms with Gasteiger partial charge in [0.2, 0.25) is 5.91 Å². The third-order valence-electron chi connectivity index (χ3n) is 3.76. The van der Waals surface area contributed by atoms with Gasteiger partial charge in [0, 0.05) is 35.0 Å². The standard InChI is InChI=1S/C15H12N4O5/c1-8(16)15(20)17-13-4-2-9(18(21)22)6-11(13)12-7-10(19(23)24)3-5-14(12)17/h2-8H,16H2,1H3/t8-/m0/s1. The van der Waals surface area contributed by atoms with Crippen molar-refractivity contribution in [3.8, 4) is 0 Å². The summed E-state index contributed by atoms with van der Waals surface area (Å²) in [6, 6.07) is 7.24. The van der Waals surface area contributed by atoms with Crippen molar-refractivity contribution in [3.63, 3.8) is 0 Å². The molecule has 0 amide bonds. The highest BCUT2D eigenvalue weighted by Gasteiger charge is 2.22. The Bertz CT molecular complexity index is 950. The van der Waals surface area contributed by atoms with Crippen molar-refractivity contribution in [2.75, 3.05) is 0 Å². The summed E-state index contributed by atoms with van der Waals surface area (Å²) in [5.41, 5.74) is 6.18. The number of hydrogen-bond acceptors (Lipinski definition) is 6. The number of rotatable bonds is 3. The second-order valence-electron chi connectivity index (χ2n) is 5.38. The minimum absolute atomic E-state index is 0.165. The number of benzene rings is 2. The highest BCUT2D eigenvalue weighted by Crippen LogP contribution is 2.34. The second kappa shape index (κ2) is 5.39. The average Bonchev–Trinajstić information content (AvgIpc) is 2.86. The molecule has 0 bridgehead atoms. The van der Waals surface area contributed by atoms with Gasteiger partial charge in [0.05, 0.1) is 26.9 Å². The number of aromatic nitrogens is 1. The molecule has 0 aliphatic carbocycles. The molecular formula is C15H12N4O5. The van der Waals surface area contributed by atoms with Crippen LogP contribution in [0.15, 0.2) is 36.4 Å². The van der Waals surface area contributed by atoms with Crippen molar-refractivity contribution in [1.29, 1.82) is 0 Å². The third-order valence-corrected chi connectivity index (χ3v) is 3.76. The molecule has 0 saturated carbocycles. The molecule has 3 aromatic rings. The van der Waals surface area contributed by atoms with Crippen molar-refractivity contribution in [2.24, 2.45) is 5.73 Å². The van der Waals surface area contributed by atoms with E-state index >= 15 is 0 Å². The highest BCUT2D eigenvalue weighted by atomic mass is 16.6. The molecule has 0 saturated heterocycles. The lowest BCUT2D eigenvalue weighted by Gasteiger charge is -2.08. The summed E-state index contributed by atoms with van der Waals surface area (Å²) >= 11 is 0. The molecule has 3 rings (SSSR count). The van der Waals surface area contributed by atoms with E-state index < -0.39 is 21.8 Å². The lowest BCUT2D eigenvalue weighted by Crippen LogP contribution is -2.31. The van der Waals surface area contributed by atoms with E-state index in [1.807, 2.05) is 0 Å². The monoisotopic (exact) mass is 328 g/mol. The number of hydrogen-bond donors (Lipinski definition) is 1. The normalized spacial score (nSPS) is 12.4. The molecule has 0 fully saturated rings. The number of nitrogens with zero attached hydrogens (tertiary/aromatic N) is 3. The number of non-ortho nitro benzene ring substituents is 2. The van der Waals surface area contributed by atoms with Gasteiger partial charge in [0.1, 0.15) is 0 Å². The average molecular weight is 328 g/mol. The van der Waals surface area contributed by atoms with Crippen LogP contribution in [0.1, 0.15) is 11.7 Å². The topological polar surface area (TPSA) is 134 Å². The van der Waals surface area contributed by atoms with Crippen LogP contribution in [-0.4, -0.2) is 26.4 Å². The molecule has 2 aromatic carbocycles. The number of nitrogens with two attached hydrogens (primary N) is 1. The molecule has 1 atom stereocenters. The Morgan fingerprint density at radius 2 is 1.42 bits per heavy atom. The van der Waals surface area contributed by atoms with E-state index in [0.29, 0.717) is 21.8 Å². The predicted molar refractivity (Wildman–Crippen MR) is 87.0 cm³/mol. The lowest BCUT2D eigenvalue weighted by molar-refractivity contribution is -0.385. The van der Waals surface area contributed by atoms with E-state index in [1.165, 1.54) is 47.9 Å². The largest absolute Gasteiger partial charge is 0.320 e. The summed E-state index contributed by atoms with van der Waals surface area (Å²) in [7, 11) is 0. The molecule has 0 unspecified atom stereocenters. The number of carbonyl (C=O) groups excluding carboxylic acids is 1. The molecule has 9 heteroatoms. The van der Waals surface area contributed by atoms with Gasteiger partial charge in [-0.1, -0.05) is 0 Å². The van der Waals surface area contributed by atoms with Crippen LogP contribution in [0.5, 0.6) is 0 Å². The SMILES string of the molecule is C[C@H](N)C(=O)n1c2ccc([N+](=O)[O-])cc2c2cc([N+](=O)[O-])ccc21. The van der Waals surface area contributed by atoms with Crippen LogP contribution < -0.4 is 5.73 Å². The Hall–Kier alpha value is -3.33. The number of nitro groups is 2. The van der Waals surface area contributed by atoms with Gasteiger partial charge in [-0.25, -0.2) is 0 Å². The fraction of sp³-hybridized carbons (Fsp3) is 0.133. The van der Waals surface area contributed by atoms with Crippen LogP contribution in [0.25, 0.3) is 21.8 Å². The Balaban J connectivity index is 2.46. The van der Waals surface area contributed by atoms with Crippen molar-refractivity contribution in [3.05, 3.63) is 56.6 Å². The zero-order valence-electron chi connectivity index (χ0n) is 12.5. The van der Waals surface area contributed by atoms with Gasteiger partial charge in [-0.2, -0.15) is 0 Å². The summed E-state index contributed by atoms with van der Waals surface area (Å²) in [6.45, 7) is 1.52. The Morgan fingerprint density at radius 1 is 1.00 bits per heavy atom. The van der Waals surface area contributed by atoms with Crippen molar-refractivity contribution >= 4 is 39.1 Å². The number of carbonyl (C=O) groups is 1. The van der Waals surface area contributed by atoms with Gasteiger partial charge >= 0.3 is 0 Å². The zero-order chi connectivity index (χ0) is 17.6. The van der Waals surface area contributed by atoms with Gasteiger partial charge in [0.25, 0.3) is 11.4 Å². The predicted octanol–water partition coefficient (Wildman–Crippen LogP) is 2.60. The quantitative estimate of drug-likeness (QED) is 0.580. The van der Waals surface area contributed by atoms with Crippen molar-refractivity contribution < 1.29 is 14.6 Å². The van der Waals surface area contributed by atoms with E-state index in [2.05, 4.69) is 0 Å². The molecule has 24 heavy (non-hydrogen) atoms. The van der Waals surface area contributed by atoms with Crippen LogP contribution in [0.2, 0.25) is 0 Å². The zero-order valence-corrected chi connectivity index (χ0v) is 12.5. The molecular weight excluding hydrogens is 316 g/mol. The first-order valence-electron chi connectivity index (χ1n) is 6.98. The Labute approximate surface area is 134 Å². The first-order valence-corrected chi connectivity index (χ1v) is 6.98. The van der Waals surface area contributed by atoms with Crippen LogP contribution in [0.3, 0.4) is 0 Å². The minimum Gasteiger partial charge on any atom is -0.320 e. The molecule has 0 spiro atoms. The molecule has 0 aliphatic rings. The Kier molecular flexibility index (Phi) is 3.49. The van der Waals surface area contributed by atoms with Crippen LogP contribution in [-0.2, 0) is 0 Å². The van der Waals surface area contributed by atoms with Gasteiger partial charge in [-0.3, -0.25) is 29.6 Å². The lowest BCUT2D eigenvalue weighted by atomic mass is 10.1. The molecule has 122 valence electrons. The van der Waals surface area contributed by atoms with Gasteiger partial charge in [-0.15, -0.1) is 0 Å². The highest BCUT2D eigenvalue weighted by molar-refractivity contribution is 6.15. The van der Waals surface area contributed by atoms with Gasteiger partial charge < -0.3 is 5.73 Å². The Morgan fingerprint density at radius 3 is 1.75 bits per heavy atom. The molecule has 1 aromatic heterocycles. The summed E-state index contributed by atoms with van der Waals surface area (Å²) in [4.78, 5) is 33.3. The van der Waals surface area contributed by atoms with E-state index in [4.69, 9.17) is 5.73 Å². The number of nitro benzene ring substituents is 2. The van der Waals surface area contributed by atoms with Crippen molar-refractivity contribution in [2.45, 2.75) is 13.0 Å². The van der Waals surface area contributed by atoms with Crippen LogP contribution >= 0.6 is 0 Å². The van der Waals surface area contributed by atoms with Crippen molar-refractivity contribution in [1.82, 2.24) is 4.57 Å². The van der Waals surface area contributed by atoms with Crippen LogP contribution in [0.4, 0.5) is 11.4 Å². The maximum Gasteiger partial charge on any atom is 0.270 e. The van der Waals surface area contributed by atoms with Gasteiger partial charge in [-0.05, 0) is 19.1 Å². The van der Waals surface area contributed by atoms with Gasteiger partial charge in [0.15, 0.2) is 0 Å². The first-order chi connectivity index (χ1) is 11.3. The van der Waals surface area contributed by atoms with E-state index in [9.17, 15) is 25.0 Å². The molecule has 1 heterocycles. The summed E-state index contributed by atoms with van der Waals surface area (Å²) in [5.74, 6) is -0.405. The summed E-state index contributed by atoms with van der Waals surface area (Å²) in [6.07, 6.45) is 0. The maximum absolute atomic E-state index is 12.4. The fourth-order valence-corrected chi connectivity index (χ4v) is 2.67. The molecule has 0 radical (unpaired) electrons. The van der Waals surface area contributed by atoms with Crippen LogP contribution in [0, 0.1) is 20.2 Å². The van der Waals surface area contributed by atoms with E-state index in [0.717, 1.165) is 0 Å². The molecule has 0 aliphatic heterocycles. The smallest absolute Gasteiger partial charge is 0.270 e. The van der Waals surface area contributed by atoms with E-state index in [1.54, 1.807) is 0 Å². The maximum atomic E-state index is 12.4. The molecule has 9 nitrogen and oxygen atoms in total. The fourth-order valence-electron chi connectivity index (χ4n) is 2.67. The second-order valence-corrected chi connectivity index (χ2v) is 5.38. The van der Waals surface area contributed by atoms with E-state index in [-0.39, 0.29) is 11.4 Å². The first kappa shape index (κ1) is 15.6. The number of fused-ring (bicyclic) bond motifs is 3. The minimum atomic E-state index is -0.797. The summed E-state index contributed by atoms with van der Waals surface area (Å²) in [5, 5.41) is 22.8.